The number of rotatable bonds is 6. The van der Waals surface area contributed by atoms with Gasteiger partial charge in [0.1, 0.15) is 5.56 Å². The first kappa shape index (κ1) is 16.7. The summed E-state index contributed by atoms with van der Waals surface area (Å²) in [5.41, 5.74) is 1.84. The molecule has 1 aromatic heterocycles. The van der Waals surface area contributed by atoms with Crippen molar-refractivity contribution in [3.63, 3.8) is 0 Å². The number of methoxy groups -OCH3 is 1. The Morgan fingerprint density at radius 1 is 1.23 bits per heavy atom. The molecule has 5 nitrogen and oxygen atoms in total. The van der Waals surface area contributed by atoms with E-state index in [2.05, 4.69) is 4.90 Å². The summed E-state index contributed by atoms with van der Waals surface area (Å²) in [5, 5.41) is 0. The van der Waals surface area contributed by atoms with Crippen LogP contribution < -0.4 is 10.5 Å². The summed E-state index contributed by atoms with van der Waals surface area (Å²) >= 11 is 0. The van der Waals surface area contributed by atoms with Gasteiger partial charge < -0.3 is 14.2 Å². The van der Waals surface area contributed by atoms with E-state index in [1.807, 2.05) is 13.0 Å². The molecular formula is C17H26N2O3. The first-order chi connectivity index (χ1) is 10.7. The Balaban J connectivity index is 2.34. The number of aryl methyl sites for hydroxylation is 1. The molecule has 0 bridgehead atoms. The first-order valence-corrected chi connectivity index (χ1v) is 8.12. The second kappa shape index (κ2) is 8.13. The van der Waals surface area contributed by atoms with E-state index in [-0.39, 0.29) is 5.56 Å². The largest absolute Gasteiger partial charge is 0.385 e. The van der Waals surface area contributed by atoms with Gasteiger partial charge >= 0.3 is 0 Å². The van der Waals surface area contributed by atoms with Crippen LogP contribution in [-0.4, -0.2) is 37.7 Å². The fourth-order valence-electron chi connectivity index (χ4n) is 3.10. The van der Waals surface area contributed by atoms with E-state index in [1.54, 1.807) is 11.7 Å². The van der Waals surface area contributed by atoms with Crippen molar-refractivity contribution in [3.05, 3.63) is 27.7 Å². The van der Waals surface area contributed by atoms with Crippen LogP contribution in [0.15, 0.2) is 10.9 Å². The lowest BCUT2D eigenvalue weighted by molar-refractivity contribution is 0.112. The smallest absolute Gasteiger partial charge is 0.263 e. The second-order valence-corrected chi connectivity index (χ2v) is 5.91. The quantitative estimate of drug-likeness (QED) is 0.598. The monoisotopic (exact) mass is 306 g/mol. The highest BCUT2D eigenvalue weighted by atomic mass is 16.5. The highest BCUT2D eigenvalue weighted by Crippen LogP contribution is 2.22. The maximum absolute atomic E-state index is 12.6. The van der Waals surface area contributed by atoms with Crippen molar-refractivity contribution >= 4 is 12.0 Å². The van der Waals surface area contributed by atoms with Gasteiger partial charge in [-0.15, -0.1) is 0 Å². The minimum absolute atomic E-state index is 0.176. The Bertz CT molecular complexity index is 558. The number of anilines is 1. The number of hydrogen-bond donors (Lipinski definition) is 0. The van der Waals surface area contributed by atoms with Gasteiger partial charge in [0, 0.05) is 39.0 Å². The van der Waals surface area contributed by atoms with Crippen molar-refractivity contribution in [2.24, 2.45) is 0 Å². The third kappa shape index (κ3) is 3.77. The predicted octanol–water partition coefficient (Wildman–Crippen LogP) is 2.39. The SMILES string of the molecule is COCCCn1c(C)cc(N2CCCCCC2)c(C=O)c1=O. The fourth-order valence-corrected chi connectivity index (χ4v) is 3.10. The van der Waals surface area contributed by atoms with Gasteiger partial charge in [0.25, 0.3) is 5.56 Å². The highest BCUT2D eigenvalue weighted by Gasteiger charge is 2.18. The summed E-state index contributed by atoms with van der Waals surface area (Å²) in [6.45, 7) is 4.97. The van der Waals surface area contributed by atoms with Crippen LogP contribution in [0.5, 0.6) is 0 Å². The Morgan fingerprint density at radius 2 is 1.91 bits per heavy atom. The van der Waals surface area contributed by atoms with Gasteiger partial charge in [0.2, 0.25) is 0 Å². The van der Waals surface area contributed by atoms with Crippen LogP contribution in [0.2, 0.25) is 0 Å². The minimum Gasteiger partial charge on any atom is -0.385 e. The third-order valence-electron chi connectivity index (χ3n) is 4.32. The van der Waals surface area contributed by atoms with E-state index in [1.165, 1.54) is 12.8 Å². The van der Waals surface area contributed by atoms with Crippen molar-refractivity contribution < 1.29 is 9.53 Å². The number of carbonyl (C=O) groups excluding carboxylic acids is 1. The number of carbonyl (C=O) groups is 1. The molecule has 0 radical (unpaired) electrons. The van der Waals surface area contributed by atoms with Crippen LogP contribution >= 0.6 is 0 Å². The number of aromatic nitrogens is 1. The Kier molecular flexibility index (Phi) is 6.19. The average Bonchev–Trinajstić information content (AvgIpc) is 2.79. The van der Waals surface area contributed by atoms with Crippen LogP contribution in [0, 0.1) is 6.92 Å². The fraction of sp³-hybridized carbons (Fsp3) is 0.647. The molecule has 0 spiro atoms. The summed E-state index contributed by atoms with van der Waals surface area (Å²) in [6.07, 6.45) is 6.16. The number of nitrogens with zero attached hydrogens (tertiary/aromatic N) is 2. The van der Waals surface area contributed by atoms with E-state index in [9.17, 15) is 9.59 Å². The Morgan fingerprint density at radius 3 is 2.50 bits per heavy atom. The zero-order valence-corrected chi connectivity index (χ0v) is 13.6. The number of hydrogen-bond acceptors (Lipinski definition) is 4. The maximum atomic E-state index is 12.6. The van der Waals surface area contributed by atoms with E-state index in [4.69, 9.17) is 4.74 Å². The van der Waals surface area contributed by atoms with E-state index < -0.39 is 0 Å². The molecule has 2 heterocycles. The molecule has 1 fully saturated rings. The van der Waals surface area contributed by atoms with Crippen LogP contribution in [0.25, 0.3) is 0 Å². The van der Waals surface area contributed by atoms with Gasteiger partial charge in [0.15, 0.2) is 6.29 Å². The number of aldehydes is 1. The zero-order chi connectivity index (χ0) is 15.9. The van der Waals surface area contributed by atoms with Gasteiger partial charge in [-0.05, 0) is 32.3 Å². The first-order valence-electron chi connectivity index (χ1n) is 8.12. The molecule has 1 aliphatic rings. The van der Waals surface area contributed by atoms with E-state index in [0.29, 0.717) is 18.7 Å². The summed E-state index contributed by atoms with van der Waals surface area (Å²) < 4.78 is 6.72. The predicted molar refractivity (Wildman–Crippen MR) is 88.0 cm³/mol. The Hall–Kier alpha value is -1.62. The van der Waals surface area contributed by atoms with Crippen LogP contribution in [0.4, 0.5) is 5.69 Å². The topological polar surface area (TPSA) is 51.5 Å². The average molecular weight is 306 g/mol. The lowest BCUT2D eigenvalue weighted by Gasteiger charge is -2.25. The van der Waals surface area contributed by atoms with Crippen molar-refractivity contribution in [1.82, 2.24) is 4.57 Å². The molecule has 2 rings (SSSR count). The summed E-state index contributed by atoms with van der Waals surface area (Å²) in [6, 6.07) is 1.99. The summed E-state index contributed by atoms with van der Waals surface area (Å²) in [7, 11) is 1.65. The van der Waals surface area contributed by atoms with Gasteiger partial charge in [-0.2, -0.15) is 0 Å². The van der Waals surface area contributed by atoms with E-state index in [0.717, 1.165) is 50.0 Å². The molecule has 0 aromatic carbocycles. The molecular weight excluding hydrogens is 280 g/mol. The standard InChI is InChI=1S/C17H26N2O3/c1-14-12-16(18-8-5-3-4-6-9-18)15(13-20)17(21)19(14)10-7-11-22-2/h12-13H,3-11H2,1-2H3. The van der Waals surface area contributed by atoms with Crippen molar-refractivity contribution in [3.8, 4) is 0 Å². The lowest BCUT2D eigenvalue weighted by atomic mass is 10.1. The maximum Gasteiger partial charge on any atom is 0.263 e. The molecule has 0 amide bonds. The van der Waals surface area contributed by atoms with Gasteiger partial charge in [-0.1, -0.05) is 12.8 Å². The molecule has 122 valence electrons. The zero-order valence-electron chi connectivity index (χ0n) is 13.6. The molecule has 0 atom stereocenters. The van der Waals surface area contributed by atoms with Crippen LogP contribution in [-0.2, 0) is 11.3 Å². The number of ether oxygens (including phenoxy) is 1. The molecule has 22 heavy (non-hydrogen) atoms. The molecule has 1 aromatic rings. The minimum atomic E-state index is -0.176. The second-order valence-electron chi connectivity index (χ2n) is 5.91. The van der Waals surface area contributed by atoms with Crippen molar-refractivity contribution in [2.45, 2.75) is 45.6 Å². The molecule has 5 heteroatoms. The Labute approximate surface area is 131 Å². The molecule has 1 saturated heterocycles. The third-order valence-corrected chi connectivity index (χ3v) is 4.32. The van der Waals surface area contributed by atoms with Gasteiger partial charge in [0.05, 0.1) is 5.69 Å². The van der Waals surface area contributed by atoms with Crippen molar-refractivity contribution in [1.29, 1.82) is 0 Å². The van der Waals surface area contributed by atoms with Crippen LogP contribution in [0.1, 0.15) is 48.2 Å². The summed E-state index contributed by atoms with van der Waals surface area (Å²) in [5.74, 6) is 0. The lowest BCUT2D eigenvalue weighted by Crippen LogP contribution is -2.32. The summed E-state index contributed by atoms with van der Waals surface area (Å²) in [4.78, 5) is 26.3. The highest BCUT2D eigenvalue weighted by molar-refractivity contribution is 5.84. The molecule has 0 aliphatic carbocycles. The van der Waals surface area contributed by atoms with Gasteiger partial charge in [-0.25, -0.2) is 0 Å². The van der Waals surface area contributed by atoms with E-state index >= 15 is 0 Å². The van der Waals surface area contributed by atoms with Gasteiger partial charge in [-0.3, -0.25) is 9.59 Å². The normalized spacial score (nSPS) is 15.6. The number of pyridine rings is 1. The molecule has 0 unspecified atom stereocenters. The van der Waals surface area contributed by atoms with Crippen LogP contribution in [0.3, 0.4) is 0 Å². The van der Waals surface area contributed by atoms with Crippen molar-refractivity contribution in [2.75, 3.05) is 31.7 Å². The molecule has 0 saturated carbocycles. The molecule has 1 aliphatic heterocycles. The molecule has 0 N–H and O–H groups in total.